The first-order valence-electron chi connectivity index (χ1n) is 4.67. The fourth-order valence-corrected chi connectivity index (χ4v) is 1.71. The van der Waals surface area contributed by atoms with Gasteiger partial charge in [-0.05, 0) is 26.9 Å². The molecule has 0 aliphatic carbocycles. The quantitative estimate of drug-likeness (QED) is 0.671. The highest BCUT2D eigenvalue weighted by atomic mass is 16.6. The second-order valence-electron chi connectivity index (χ2n) is 3.60. The highest BCUT2D eigenvalue weighted by Gasteiger charge is 2.27. The van der Waals surface area contributed by atoms with Gasteiger partial charge >= 0.3 is 0 Å². The van der Waals surface area contributed by atoms with E-state index in [4.69, 9.17) is 4.74 Å². The summed E-state index contributed by atoms with van der Waals surface area (Å²) in [5.41, 5.74) is 0. The summed E-state index contributed by atoms with van der Waals surface area (Å²) < 4.78 is 5.24. The van der Waals surface area contributed by atoms with Crippen molar-refractivity contribution >= 4 is 0 Å². The number of hydrogen-bond acceptors (Lipinski definition) is 3. The van der Waals surface area contributed by atoms with Crippen LogP contribution in [0.15, 0.2) is 0 Å². The summed E-state index contributed by atoms with van der Waals surface area (Å²) in [6, 6.07) is 0.480. The minimum Gasteiger partial charge on any atom is -0.368 e. The topological polar surface area (TPSA) is 32.7 Å². The van der Waals surface area contributed by atoms with E-state index >= 15 is 0 Å². The highest BCUT2D eigenvalue weighted by molar-refractivity contribution is 4.76. The third kappa shape index (κ3) is 2.44. The number of aliphatic hydroxyl groups is 1. The predicted molar refractivity (Wildman–Crippen MR) is 47.9 cm³/mol. The minimum absolute atomic E-state index is 0.188. The fourth-order valence-electron chi connectivity index (χ4n) is 1.71. The van der Waals surface area contributed by atoms with Crippen LogP contribution in [-0.2, 0) is 4.74 Å². The van der Waals surface area contributed by atoms with E-state index in [0.717, 1.165) is 19.4 Å². The van der Waals surface area contributed by atoms with Crippen molar-refractivity contribution in [3.63, 3.8) is 0 Å². The van der Waals surface area contributed by atoms with Crippen molar-refractivity contribution in [2.45, 2.75) is 45.1 Å². The Bertz CT molecular complexity index is 130. The van der Waals surface area contributed by atoms with Gasteiger partial charge in [-0.2, -0.15) is 0 Å². The molecular weight excluding hydrogens is 154 g/mol. The second-order valence-corrected chi connectivity index (χ2v) is 3.60. The third-order valence-corrected chi connectivity index (χ3v) is 2.59. The SMILES string of the molecule is CCN(C)[C@H]1C[C@@H](C)O[C@@H](O)C1. The molecule has 1 aliphatic rings. The lowest BCUT2D eigenvalue weighted by Crippen LogP contribution is -2.43. The maximum atomic E-state index is 9.35. The number of hydrogen-bond donors (Lipinski definition) is 1. The van der Waals surface area contributed by atoms with Crippen molar-refractivity contribution in [1.82, 2.24) is 4.90 Å². The van der Waals surface area contributed by atoms with Crippen LogP contribution < -0.4 is 0 Å². The Kier molecular flexibility index (Phi) is 3.50. The lowest BCUT2D eigenvalue weighted by Gasteiger charge is -2.36. The molecule has 3 nitrogen and oxygen atoms in total. The van der Waals surface area contributed by atoms with Crippen LogP contribution in [0.1, 0.15) is 26.7 Å². The predicted octanol–water partition coefficient (Wildman–Crippen LogP) is 0.824. The molecule has 0 aromatic heterocycles. The first-order valence-corrected chi connectivity index (χ1v) is 4.67. The average Bonchev–Trinajstić information content (AvgIpc) is 2.01. The molecule has 0 amide bonds. The zero-order valence-corrected chi connectivity index (χ0v) is 8.16. The number of aliphatic hydroxyl groups excluding tert-OH is 1. The third-order valence-electron chi connectivity index (χ3n) is 2.59. The van der Waals surface area contributed by atoms with Gasteiger partial charge in [0, 0.05) is 12.5 Å². The van der Waals surface area contributed by atoms with Crippen LogP contribution in [0, 0.1) is 0 Å². The lowest BCUT2D eigenvalue weighted by molar-refractivity contribution is -0.173. The molecule has 1 heterocycles. The zero-order valence-electron chi connectivity index (χ0n) is 8.16. The van der Waals surface area contributed by atoms with Crippen LogP contribution in [-0.4, -0.2) is 42.0 Å². The lowest BCUT2D eigenvalue weighted by atomic mass is 10.0. The summed E-state index contributed by atoms with van der Waals surface area (Å²) in [6.07, 6.45) is 1.40. The van der Waals surface area contributed by atoms with Gasteiger partial charge in [0.25, 0.3) is 0 Å². The van der Waals surface area contributed by atoms with E-state index in [1.165, 1.54) is 0 Å². The molecule has 1 saturated heterocycles. The first kappa shape index (κ1) is 9.96. The van der Waals surface area contributed by atoms with Crippen LogP contribution in [0.4, 0.5) is 0 Å². The van der Waals surface area contributed by atoms with Crippen LogP contribution in [0.3, 0.4) is 0 Å². The Hall–Kier alpha value is -0.120. The maximum absolute atomic E-state index is 9.35. The summed E-state index contributed by atoms with van der Waals surface area (Å²) in [4.78, 5) is 2.27. The van der Waals surface area contributed by atoms with Gasteiger partial charge in [0.1, 0.15) is 0 Å². The van der Waals surface area contributed by atoms with Crippen molar-refractivity contribution < 1.29 is 9.84 Å². The maximum Gasteiger partial charge on any atom is 0.156 e. The smallest absolute Gasteiger partial charge is 0.156 e. The van der Waals surface area contributed by atoms with Crippen molar-refractivity contribution in [3.05, 3.63) is 0 Å². The molecule has 1 rings (SSSR count). The molecule has 0 spiro atoms. The van der Waals surface area contributed by atoms with E-state index < -0.39 is 6.29 Å². The van der Waals surface area contributed by atoms with E-state index in [0.29, 0.717) is 6.04 Å². The van der Waals surface area contributed by atoms with Crippen LogP contribution >= 0.6 is 0 Å². The summed E-state index contributed by atoms with van der Waals surface area (Å²) in [6.45, 7) is 5.18. The van der Waals surface area contributed by atoms with Crippen molar-refractivity contribution in [3.8, 4) is 0 Å². The molecule has 1 fully saturated rings. The highest BCUT2D eigenvalue weighted by Crippen LogP contribution is 2.21. The fraction of sp³-hybridized carbons (Fsp3) is 1.00. The largest absolute Gasteiger partial charge is 0.368 e. The van der Waals surface area contributed by atoms with Gasteiger partial charge < -0.3 is 14.7 Å². The number of rotatable bonds is 2. The van der Waals surface area contributed by atoms with E-state index in [2.05, 4.69) is 18.9 Å². The van der Waals surface area contributed by atoms with E-state index in [9.17, 15) is 5.11 Å². The molecule has 0 saturated carbocycles. The second kappa shape index (κ2) is 4.21. The summed E-state index contributed by atoms with van der Waals surface area (Å²) >= 11 is 0. The molecule has 0 unspecified atom stereocenters. The van der Waals surface area contributed by atoms with Crippen molar-refractivity contribution in [2.24, 2.45) is 0 Å². The molecule has 1 N–H and O–H groups in total. The van der Waals surface area contributed by atoms with Crippen molar-refractivity contribution in [2.75, 3.05) is 13.6 Å². The Morgan fingerprint density at radius 2 is 2.17 bits per heavy atom. The molecule has 0 radical (unpaired) electrons. The monoisotopic (exact) mass is 173 g/mol. The summed E-state index contributed by atoms with van der Waals surface area (Å²) in [7, 11) is 2.09. The van der Waals surface area contributed by atoms with Gasteiger partial charge in [0.2, 0.25) is 0 Å². The Morgan fingerprint density at radius 1 is 1.50 bits per heavy atom. The van der Waals surface area contributed by atoms with Gasteiger partial charge in [0.15, 0.2) is 6.29 Å². The van der Waals surface area contributed by atoms with Gasteiger partial charge in [-0.15, -0.1) is 0 Å². The van der Waals surface area contributed by atoms with E-state index in [1.54, 1.807) is 0 Å². The van der Waals surface area contributed by atoms with E-state index in [1.807, 2.05) is 6.92 Å². The summed E-state index contributed by atoms with van der Waals surface area (Å²) in [5.74, 6) is 0. The normalized spacial score (nSPS) is 37.2. The van der Waals surface area contributed by atoms with Crippen molar-refractivity contribution in [1.29, 1.82) is 0 Å². The molecule has 0 aromatic carbocycles. The van der Waals surface area contributed by atoms with Crippen LogP contribution in [0.5, 0.6) is 0 Å². The molecular formula is C9H19NO2. The van der Waals surface area contributed by atoms with Gasteiger partial charge in [-0.1, -0.05) is 6.92 Å². The molecule has 1 aliphatic heterocycles. The van der Waals surface area contributed by atoms with Gasteiger partial charge in [-0.3, -0.25) is 0 Å². The van der Waals surface area contributed by atoms with Crippen LogP contribution in [0.2, 0.25) is 0 Å². The van der Waals surface area contributed by atoms with E-state index in [-0.39, 0.29) is 6.10 Å². The summed E-state index contributed by atoms with van der Waals surface area (Å²) in [5, 5.41) is 9.35. The molecule has 72 valence electrons. The standard InChI is InChI=1S/C9H19NO2/c1-4-10(3)8-5-7(2)12-9(11)6-8/h7-9,11H,4-6H2,1-3H3/t7-,8+,9-/m1/s1. The molecule has 0 bridgehead atoms. The Labute approximate surface area is 74.3 Å². The molecule has 3 heteroatoms. The minimum atomic E-state index is -0.562. The van der Waals surface area contributed by atoms with Gasteiger partial charge in [-0.25, -0.2) is 0 Å². The molecule has 0 aromatic rings. The molecule has 3 atom stereocenters. The zero-order chi connectivity index (χ0) is 9.14. The first-order chi connectivity index (χ1) is 5.63. The Balaban J connectivity index is 2.43. The molecule has 12 heavy (non-hydrogen) atoms. The van der Waals surface area contributed by atoms with Gasteiger partial charge in [0.05, 0.1) is 6.10 Å². The number of nitrogens with zero attached hydrogens (tertiary/aromatic N) is 1. The average molecular weight is 173 g/mol. The number of ether oxygens (including phenoxy) is 1. The Morgan fingerprint density at radius 3 is 2.67 bits per heavy atom. The van der Waals surface area contributed by atoms with Crippen LogP contribution in [0.25, 0.3) is 0 Å².